The summed E-state index contributed by atoms with van der Waals surface area (Å²) in [5.41, 5.74) is 1.40. The summed E-state index contributed by atoms with van der Waals surface area (Å²) in [6.45, 7) is 6.98. The zero-order chi connectivity index (χ0) is 20.5. The van der Waals surface area contributed by atoms with Gasteiger partial charge in [-0.05, 0) is 42.8 Å². The second-order valence-corrected chi connectivity index (χ2v) is 7.64. The van der Waals surface area contributed by atoms with Gasteiger partial charge in [0.15, 0.2) is 17.3 Å². The van der Waals surface area contributed by atoms with Gasteiger partial charge in [0.05, 0.1) is 17.9 Å². The van der Waals surface area contributed by atoms with Gasteiger partial charge in [0.2, 0.25) is 0 Å². The molecule has 2 aromatic rings. The van der Waals surface area contributed by atoms with Gasteiger partial charge >= 0.3 is 0 Å². The maximum atomic E-state index is 13.2. The third-order valence-electron chi connectivity index (χ3n) is 4.52. The van der Waals surface area contributed by atoms with Crippen molar-refractivity contribution < 1.29 is 14.6 Å². The first-order chi connectivity index (χ1) is 13.5. The van der Waals surface area contributed by atoms with E-state index in [1.165, 1.54) is 0 Å². The van der Waals surface area contributed by atoms with Crippen molar-refractivity contribution in [3.63, 3.8) is 0 Å². The van der Waals surface area contributed by atoms with Crippen LogP contribution in [0.3, 0.4) is 0 Å². The number of ketones is 1. The number of halogens is 1. The molecule has 0 aliphatic carbocycles. The molecule has 0 bridgehead atoms. The average Bonchev–Trinajstić information content (AvgIpc) is 2.69. The van der Waals surface area contributed by atoms with E-state index in [2.05, 4.69) is 29.4 Å². The Morgan fingerprint density at radius 1 is 1.18 bits per heavy atom. The molecule has 2 aromatic carbocycles. The lowest BCUT2D eigenvalue weighted by molar-refractivity contribution is 0.103. The average molecular weight is 446 g/mol. The fourth-order valence-corrected chi connectivity index (χ4v) is 3.23. The molecule has 0 spiro atoms. The molecule has 0 saturated carbocycles. The zero-order valence-corrected chi connectivity index (χ0v) is 18.2. The van der Waals surface area contributed by atoms with Crippen molar-refractivity contribution in [3.8, 4) is 11.5 Å². The minimum Gasteiger partial charge on any atom is -0.504 e. The van der Waals surface area contributed by atoms with Gasteiger partial charge < -0.3 is 14.7 Å². The Bertz CT molecular complexity index is 802. The number of carbonyl (C=O) groups excluding carboxylic acids is 1. The fraction of sp³-hybridized carbons (Fsp3) is 0.348. The fourth-order valence-electron chi connectivity index (χ4n) is 2.97. The van der Waals surface area contributed by atoms with Crippen LogP contribution in [0.4, 0.5) is 5.69 Å². The predicted octanol–water partition coefficient (Wildman–Crippen LogP) is 5.97. The van der Waals surface area contributed by atoms with Gasteiger partial charge in [0.25, 0.3) is 0 Å². The molecule has 150 valence electrons. The lowest BCUT2D eigenvalue weighted by Crippen LogP contribution is -2.20. The Kier molecular flexibility index (Phi) is 8.58. The van der Waals surface area contributed by atoms with Crippen molar-refractivity contribution in [2.45, 2.75) is 32.6 Å². The van der Waals surface area contributed by atoms with Gasteiger partial charge in [-0.2, -0.15) is 0 Å². The van der Waals surface area contributed by atoms with Gasteiger partial charge in [0, 0.05) is 23.6 Å². The van der Waals surface area contributed by atoms with Crippen LogP contribution in [0.25, 0.3) is 0 Å². The number of ether oxygens (including phenoxy) is 1. The van der Waals surface area contributed by atoms with E-state index in [1.54, 1.807) is 24.3 Å². The number of benzene rings is 2. The van der Waals surface area contributed by atoms with E-state index >= 15 is 0 Å². The second-order valence-electron chi connectivity index (χ2n) is 6.72. The normalized spacial score (nSPS) is 10.5. The predicted molar refractivity (Wildman–Crippen MR) is 119 cm³/mol. The monoisotopic (exact) mass is 445 g/mol. The molecule has 0 heterocycles. The first kappa shape index (κ1) is 22.0. The van der Waals surface area contributed by atoms with E-state index in [1.807, 2.05) is 30.1 Å². The van der Waals surface area contributed by atoms with Crippen molar-refractivity contribution in [2.24, 2.45) is 0 Å². The quantitative estimate of drug-likeness (QED) is 0.263. The number of likely N-dealkylation sites (N-methyl/N-ethyl adjacent to an activating group) is 1. The van der Waals surface area contributed by atoms with Gasteiger partial charge in [-0.1, -0.05) is 48.2 Å². The summed E-state index contributed by atoms with van der Waals surface area (Å²) in [4.78, 5) is 15.1. The molecule has 4 nitrogen and oxygen atoms in total. The highest BCUT2D eigenvalue weighted by Crippen LogP contribution is 2.38. The maximum absolute atomic E-state index is 13.2. The highest BCUT2D eigenvalue weighted by Gasteiger charge is 2.23. The third-order valence-corrected chi connectivity index (χ3v) is 5.05. The number of unbranched alkanes of at least 4 members (excludes halogenated alkanes) is 3. The third kappa shape index (κ3) is 5.61. The van der Waals surface area contributed by atoms with Crippen molar-refractivity contribution in [2.75, 3.05) is 25.1 Å². The number of hydrogen-bond donors (Lipinski definition) is 1. The molecule has 0 aromatic heterocycles. The van der Waals surface area contributed by atoms with Crippen molar-refractivity contribution in [1.29, 1.82) is 0 Å². The van der Waals surface area contributed by atoms with Gasteiger partial charge in [-0.15, -0.1) is 6.58 Å². The number of phenols is 1. The molecule has 1 N–H and O–H groups in total. The molecule has 0 radical (unpaired) electrons. The van der Waals surface area contributed by atoms with Crippen LogP contribution in [0, 0.1) is 0 Å². The van der Waals surface area contributed by atoms with Crippen molar-refractivity contribution in [3.05, 3.63) is 64.7 Å². The minimum absolute atomic E-state index is 0.114. The molecule has 0 aliphatic rings. The van der Waals surface area contributed by atoms with Gasteiger partial charge in [0.1, 0.15) is 0 Å². The van der Waals surface area contributed by atoms with Crippen LogP contribution < -0.4 is 9.64 Å². The van der Waals surface area contributed by atoms with E-state index in [9.17, 15) is 9.90 Å². The molecule has 2 rings (SSSR count). The molecule has 0 amide bonds. The number of carbonyl (C=O) groups is 1. The van der Waals surface area contributed by atoms with E-state index < -0.39 is 0 Å². The van der Waals surface area contributed by atoms with Crippen molar-refractivity contribution in [1.82, 2.24) is 0 Å². The second kappa shape index (κ2) is 10.9. The lowest BCUT2D eigenvalue weighted by Gasteiger charge is -2.22. The summed E-state index contributed by atoms with van der Waals surface area (Å²) < 4.78 is 6.67. The van der Waals surface area contributed by atoms with E-state index in [0.717, 1.165) is 30.2 Å². The maximum Gasteiger partial charge on any atom is 0.198 e. The summed E-state index contributed by atoms with van der Waals surface area (Å²) in [6, 6.07) is 10.6. The van der Waals surface area contributed by atoms with Crippen LogP contribution in [0.2, 0.25) is 0 Å². The SMILES string of the molecule is C=CCN(C)c1ccc(OCCCCCC)c(O)c1C(=O)c1ccc(Br)cc1. The highest BCUT2D eigenvalue weighted by atomic mass is 79.9. The first-order valence-corrected chi connectivity index (χ1v) is 10.4. The molecule has 0 fully saturated rings. The molecule has 5 heteroatoms. The van der Waals surface area contributed by atoms with Crippen LogP contribution in [0.5, 0.6) is 11.5 Å². The van der Waals surface area contributed by atoms with Crippen molar-refractivity contribution >= 4 is 27.4 Å². The molecule has 0 unspecified atom stereocenters. The number of anilines is 1. The molecule has 28 heavy (non-hydrogen) atoms. The number of nitrogens with zero attached hydrogens (tertiary/aromatic N) is 1. The highest BCUT2D eigenvalue weighted by molar-refractivity contribution is 9.10. The van der Waals surface area contributed by atoms with E-state index in [4.69, 9.17) is 4.74 Å². The molecular weight excluding hydrogens is 418 g/mol. The van der Waals surface area contributed by atoms with E-state index in [-0.39, 0.29) is 17.1 Å². The largest absolute Gasteiger partial charge is 0.504 e. The molecule has 0 atom stereocenters. The zero-order valence-electron chi connectivity index (χ0n) is 16.6. The summed E-state index contributed by atoms with van der Waals surface area (Å²) in [5.74, 6) is -0.0168. The summed E-state index contributed by atoms with van der Waals surface area (Å²) in [7, 11) is 1.86. The molecule has 0 saturated heterocycles. The topological polar surface area (TPSA) is 49.8 Å². The van der Waals surface area contributed by atoms with Gasteiger partial charge in [-0.3, -0.25) is 4.79 Å². The smallest absolute Gasteiger partial charge is 0.198 e. The summed E-state index contributed by atoms with van der Waals surface area (Å²) in [6.07, 6.45) is 6.07. The molecule has 0 aliphatic heterocycles. The Morgan fingerprint density at radius 2 is 1.89 bits per heavy atom. The van der Waals surface area contributed by atoms with Crippen LogP contribution >= 0.6 is 15.9 Å². The van der Waals surface area contributed by atoms with Crippen LogP contribution in [-0.4, -0.2) is 31.1 Å². The summed E-state index contributed by atoms with van der Waals surface area (Å²) >= 11 is 3.38. The first-order valence-electron chi connectivity index (χ1n) is 9.60. The van der Waals surface area contributed by atoms with Crippen LogP contribution in [-0.2, 0) is 0 Å². The number of hydrogen-bond acceptors (Lipinski definition) is 4. The minimum atomic E-state index is -0.243. The summed E-state index contributed by atoms with van der Waals surface area (Å²) in [5, 5.41) is 10.9. The van der Waals surface area contributed by atoms with Crippen LogP contribution in [0.15, 0.2) is 53.5 Å². The van der Waals surface area contributed by atoms with Gasteiger partial charge in [-0.25, -0.2) is 0 Å². The number of phenolic OH excluding ortho intramolecular Hbond substituents is 1. The Morgan fingerprint density at radius 3 is 2.54 bits per heavy atom. The Labute approximate surface area is 176 Å². The lowest BCUT2D eigenvalue weighted by atomic mass is 9.99. The van der Waals surface area contributed by atoms with Crippen LogP contribution in [0.1, 0.15) is 48.5 Å². The number of aromatic hydroxyl groups is 1. The number of rotatable bonds is 11. The Hall–Kier alpha value is -2.27. The molecular formula is C23H28BrNO3. The Balaban J connectivity index is 2.36. The standard InChI is InChI=1S/C23H28BrNO3/c1-4-6-7-8-16-28-20-14-13-19(25(3)15-5-2)21(23(20)27)22(26)17-9-11-18(24)12-10-17/h5,9-14,27H,2,4,6-8,15-16H2,1,3H3. The van der Waals surface area contributed by atoms with E-state index in [0.29, 0.717) is 30.2 Å².